The molecule has 1 aromatic rings. The molecule has 4 heteroatoms. The van der Waals surface area contributed by atoms with Crippen LogP contribution in [-0.4, -0.2) is 19.0 Å². The lowest BCUT2D eigenvalue weighted by molar-refractivity contribution is -0.122. The molecule has 5 rings (SSSR count). The van der Waals surface area contributed by atoms with Crippen LogP contribution >= 0.6 is 11.6 Å². The minimum Gasteiger partial charge on any atom is -0.354 e. The van der Waals surface area contributed by atoms with Gasteiger partial charge in [-0.05, 0) is 86.3 Å². The minimum atomic E-state index is 0.122. The lowest BCUT2D eigenvalue weighted by Gasteiger charge is -2.56. The highest BCUT2D eigenvalue weighted by Gasteiger charge is 2.50. The molecule has 4 bridgehead atoms. The molecular formula is C21H29ClN2O. The third-order valence-corrected chi connectivity index (χ3v) is 7.02. The molecule has 4 fully saturated rings. The van der Waals surface area contributed by atoms with Crippen molar-refractivity contribution in [2.45, 2.75) is 51.5 Å². The van der Waals surface area contributed by atoms with E-state index in [2.05, 4.69) is 17.6 Å². The number of amides is 1. The Balaban J connectivity index is 1.25. The van der Waals surface area contributed by atoms with Gasteiger partial charge >= 0.3 is 0 Å². The Bertz CT molecular complexity index is 592. The summed E-state index contributed by atoms with van der Waals surface area (Å²) in [6.45, 7) is 3.33. The third-order valence-electron chi connectivity index (χ3n) is 6.76. The largest absolute Gasteiger partial charge is 0.354 e. The summed E-state index contributed by atoms with van der Waals surface area (Å²) >= 11 is 5.93. The third kappa shape index (κ3) is 3.88. The SMILES string of the molecule is C[C@H](NCC(=O)NCC12CC3CC(CC(C3)C1)C2)c1ccc(Cl)cc1. The van der Waals surface area contributed by atoms with Crippen molar-refractivity contribution in [1.29, 1.82) is 0 Å². The second-order valence-electron chi connectivity index (χ2n) is 8.85. The molecule has 0 heterocycles. The van der Waals surface area contributed by atoms with Gasteiger partial charge in [0.2, 0.25) is 5.91 Å². The molecule has 0 saturated heterocycles. The molecule has 0 radical (unpaired) electrons. The molecule has 1 atom stereocenters. The van der Waals surface area contributed by atoms with E-state index in [0.29, 0.717) is 12.0 Å². The molecular weight excluding hydrogens is 332 g/mol. The van der Waals surface area contributed by atoms with E-state index in [1.165, 1.54) is 38.5 Å². The number of halogens is 1. The molecule has 4 aliphatic carbocycles. The van der Waals surface area contributed by atoms with Crippen LogP contribution in [0.1, 0.15) is 57.1 Å². The van der Waals surface area contributed by atoms with Gasteiger partial charge in [-0.1, -0.05) is 23.7 Å². The minimum absolute atomic E-state index is 0.122. The van der Waals surface area contributed by atoms with Crippen LogP contribution in [-0.2, 0) is 4.79 Å². The summed E-state index contributed by atoms with van der Waals surface area (Å²) in [6.07, 6.45) is 8.38. The van der Waals surface area contributed by atoms with Crippen molar-refractivity contribution in [3.8, 4) is 0 Å². The first kappa shape index (κ1) is 17.4. The number of rotatable bonds is 6. The lowest BCUT2D eigenvalue weighted by atomic mass is 9.49. The zero-order chi connectivity index (χ0) is 17.4. The molecule has 4 aliphatic rings. The van der Waals surface area contributed by atoms with Gasteiger partial charge in [-0.25, -0.2) is 0 Å². The Labute approximate surface area is 155 Å². The van der Waals surface area contributed by atoms with Gasteiger partial charge in [-0.15, -0.1) is 0 Å². The van der Waals surface area contributed by atoms with Gasteiger partial charge in [-0.3, -0.25) is 4.79 Å². The van der Waals surface area contributed by atoms with E-state index in [-0.39, 0.29) is 11.9 Å². The number of hydrogen-bond donors (Lipinski definition) is 2. The average molecular weight is 361 g/mol. The summed E-state index contributed by atoms with van der Waals surface area (Å²) in [5, 5.41) is 7.29. The number of benzene rings is 1. The molecule has 0 unspecified atom stereocenters. The van der Waals surface area contributed by atoms with Gasteiger partial charge in [0.15, 0.2) is 0 Å². The highest BCUT2D eigenvalue weighted by Crippen LogP contribution is 2.59. The summed E-state index contributed by atoms with van der Waals surface area (Å²) in [4.78, 5) is 12.3. The van der Waals surface area contributed by atoms with Crippen LogP contribution in [0.15, 0.2) is 24.3 Å². The van der Waals surface area contributed by atoms with Gasteiger partial charge in [0.25, 0.3) is 0 Å². The predicted molar refractivity (Wildman–Crippen MR) is 101 cm³/mol. The number of nitrogens with one attached hydrogen (secondary N) is 2. The summed E-state index contributed by atoms with van der Waals surface area (Å²) in [6, 6.07) is 7.94. The fraction of sp³-hybridized carbons (Fsp3) is 0.667. The molecule has 3 nitrogen and oxygen atoms in total. The Kier molecular flexibility index (Phi) is 4.81. The summed E-state index contributed by atoms with van der Waals surface area (Å²) in [5.74, 6) is 2.93. The van der Waals surface area contributed by atoms with Crippen molar-refractivity contribution in [3.05, 3.63) is 34.9 Å². The maximum Gasteiger partial charge on any atom is 0.233 e. The van der Waals surface area contributed by atoms with Crippen LogP contribution in [0.5, 0.6) is 0 Å². The quantitative estimate of drug-likeness (QED) is 0.793. The van der Waals surface area contributed by atoms with Crippen LogP contribution in [0.2, 0.25) is 5.02 Å². The normalized spacial score (nSPS) is 34.1. The molecule has 136 valence electrons. The molecule has 1 aromatic carbocycles. The predicted octanol–water partition coefficient (Wildman–Crippen LogP) is 4.32. The highest BCUT2D eigenvalue weighted by atomic mass is 35.5. The average Bonchev–Trinajstić information content (AvgIpc) is 2.57. The van der Waals surface area contributed by atoms with Gasteiger partial charge in [0.05, 0.1) is 6.54 Å². The summed E-state index contributed by atoms with van der Waals surface area (Å²) in [7, 11) is 0. The number of hydrogen-bond acceptors (Lipinski definition) is 2. The van der Waals surface area contributed by atoms with E-state index in [0.717, 1.165) is 34.9 Å². The van der Waals surface area contributed by atoms with E-state index in [4.69, 9.17) is 11.6 Å². The molecule has 25 heavy (non-hydrogen) atoms. The maximum absolute atomic E-state index is 12.3. The first-order chi connectivity index (χ1) is 12.0. The van der Waals surface area contributed by atoms with Gasteiger partial charge in [-0.2, -0.15) is 0 Å². The molecule has 1 amide bonds. The van der Waals surface area contributed by atoms with E-state index >= 15 is 0 Å². The topological polar surface area (TPSA) is 41.1 Å². The van der Waals surface area contributed by atoms with Crippen molar-refractivity contribution in [1.82, 2.24) is 10.6 Å². The first-order valence-electron chi connectivity index (χ1n) is 9.77. The molecule has 0 aliphatic heterocycles. The number of carbonyl (C=O) groups is 1. The van der Waals surface area contributed by atoms with Crippen molar-refractivity contribution in [2.75, 3.05) is 13.1 Å². The number of carbonyl (C=O) groups excluding carboxylic acids is 1. The van der Waals surface area contributed by atoms with Crippen LogP contribution in [0.25, 0.3) is 0 Å². The van der Waals surface area contributed by atoms with Crippen LogP contribution in [0, 0.1) is 23.2 Å². The fourth-order valence-corrected chi connectivity index (χ4v) is 6.10. The smallest absolute Gasteiger partial charge is 0.233 e. The molecule has 4 saturated carbocycles. The van der Waals surface area contributed by atoms with E-state index < -0.39 is 0 Å². The second-order valence-corrected chi connectivity index (χ2v) is 9.28. The Morgan fingerprint density at radius 3 is 2.24 bits per heavy atom. The van der Waals surface area contributed by atoms with E-state index in [9.17, 15) is 4.79 Å². The zero-order valence-electron chi connectivity index (χ0n) is 15.1. The monoisotopic (exact) mass is 360 g/mol. The zero-order valence-corrected chi connectivity index (χ0v) is 15.8. The van der Waals surface area contributed by atoms with Gasteiger partial charge in [0.1, 0.15) is 0 Å². The fourth-order valence-electron chi connectivity index (χ4n) is 5.97. The Morgan fingerprint density at radius 1 is 1.12 bits per heavy atom. The Morgan fingerprint density at radius 2 is 1.68 bits per heavy atom. The van der Waals surface area contributed by atoms with Crippen molar-refractivity contribution in [2.24, 2.45) is 23.2 Å². The lowest BCUT2D eigenvalue weighted by Crippen LogP contribution is -2.51. The first-order valence-corrected chi connectivity index (χ1v) is 10.1. The molecule has 0 spiro atoms. The van der Waals surface area contributed by atoms with Crippen molar-refractivity contribution >= 4 is 17.5 Å². The van der Waals surface area contributed by atoms with Crippen LogP contribution < -0.4 is 10.6 Å². The summed E-state index contributed by atoms with van der Waals surface area (Å²) in [5.41, 5.74) is 1.56. The summed E-state index contributed by atoms with van der Waals surface area (Å²) < 4.78 is 0. The van der Waals surface area contributed by atoms with Gasteiger partial charge in [0, 0.05) is 17.6 Å². The Hall–Kier alpha value is -1.06. The highest BCUT2D eigenvalue weighted by molar-refractivity contribution is 6.30. The molecule has 2 N–H and O–H groups in total. The second kappa shape index (κ2) is 6.92. The van der Waals surface area contributed by atoms with Crippen molar-refractivity contribution in [3.63, 3.8) is 0 Å². The van der Waals surface area contributed by atoms with Gasteiger partial charge < -0.3 is 10.6 Å². The molecule has 0 aromatic heterocycles. The maximum atomic E-state index is 12.3. The van der Waals surface area contributed by atoms with E-state index in [1.54, 1.807) is 0 Å². The van der Waals surface area contributed by atoms with Crippen molar-refractivity contribution < 1.29 is 4.79 Å². The van der Waals surface area contributed by atoms with Crippen LogP contribution in [0.3, 0.4) is 0 Å². The van der Waals surface area contributed by atoms with E-state index in [1.807, 2.05) is 24.3 Å². The standard InChI is InChI=1S/C21H29ClN2O/c1-14(18-2-4-19(22)5-3-18)23-12-20(25)24-13-21-9-15-6-16(10-21)8-17(7-15)11-21/h2-5,14-17,23H,6-13H2,1H3,(H,24,25)/t14-,15?,16?,17?,21?/m0/s1. The van der Waals surface area contributed by atoms with Crippen LogP contribution in [0.4, 0.5) is 0 Å².